The molecule has 0 spiro atoms. The molecule has 2 heterocycles. The maximum atomic E-state index is 13.8. The molecule has 3 rings (SSSR count). The number of urea groups is 1. The van der Waals surface area contributed by atoms with Gasteiger partial charge in [0.2, 0.25) is 11.7 Å². The SMILES string of the molecule is COCCC1CCCCN1C(=O)NCc1nc(-c2ccccc2F)no1. The second-order valence-corrected chi connectivity index (χ2v) is 6.27. The number of piperidine rings is 1. The number of ether oxygens (including phenoxy) is 1. The summed E-state index contributed by atoms with van der Waals surface area (Å²) in [5, 5.41) is 6.60. The number of hydrogen-bond acceptors (Lipinski definition) is 5. The molecule has 1 saturated heterocycles. The summed E-state index contributed by atoms with van der Waals surface area (Å²) in [6.07, 6.45) is 3.92. The summed E-state index contributed by atoms with van der Waals surface area (Å²) >= 11 is 0. The number of carbonyl (C=O) groups excluding carboxylic acids is 1. The predicted molar refractivity (Wildman–Crippen MR) is 92.8 cm³/mol. The van der Waals surface area contributed by atoms with E-state index in [2.05, 4.69) is 15.5 Å². The summed E-state index contributed by atoms with van der Waals surface area (Å²) in [6, 6.07) is 6.24. The minimum atomic E-state index is -0.418. The Hall–Kier alpha value is -2.48. The highest BCUT2D eigenvalue weighted by Gasteiger charge is 2.26. The number of amides is 2. The summed E-state index contributed by atoms with van der Waals surface area (Å²) in [5.41, 5.74) is 0.268. The van der Waals surface area contributed by atoms with Crippen molar-refractivity contribution in [3.05, 3.63) is 36.0 Å². The maximum Gasteiger partial charge on any atom is 0.318 e. The average molecular weight is 362 g/mol. The molecule has 0 saturated carbocycles. The summed E-state index contributed by atoms with van der Waals surface area (Å²) < 4.78 is 24.0. The molecule has 1 unspecified atom stereocenters. The molecule has 0 aliphatic carbocycles. The third-order valence-corrected chi connectivity index (χ3v) is 4.52. The van der Waals surface area contributed by atoms with Crippen LogP contribution in [0.2, 0.25) is 0 Å². The van der Waals surface area contributed by atoms with Crippen molar-refractivity contribution < 1.29 is 18.4 Å². The van der Waals surface area contributed by atoms with Crippen LogP contribution in [-0.2, 0) is 11.3 Å². The van der Waals surface area contributed by atoms with E-state index in [1.165, 1.54) is 6.07 Å². The molecule has 1 fully saturated rings. The third kappa shape index (κ3) is 4.37. The maximum absolute atomic E-state index is 13.8. The summed E-state index contributed by atoms with van der Waals surface area (Å²) in [6.45, 7) is 1.46. The molecule has 2 aromatic rings. The molecule has 7 nitrogen and oxygen atoms in total. The normalized spacial score (nSPS) is 17.3. The first-order valence-corrected chi connectivity index (χ1v) is 8.80. The van der Waals surface area contributed by atoms with Gasteiger partial charge in [-0.3, -0.25) is 0 Å². The van der Waals surface area contributed by atoms with Crippen molar-refractivity contribution >= 4 is 6.03 Å². The zero-order valence-electron chi connectivity index (χ0n) is 14.8. The van der Waals surface area contributed by atoms with Crippen LogP contribution in [0.3, 0.4) is 0 Å². The Kier molecular flexibility index (Phi) is 6.17. The van der Waals surface area contributed by atoms with E-state index in [9.17, 15) is 9.18 Å². The highest BCUT2D eigenvalue weighted by atomic mass is 19.1. The Balaban J connectivity index is 1.58. The smallest absolute Gasteiger partial charge is 0.318 e. The van der Waals surface area contributed by atoms with E-state index >= 15 is 0 Å². The van der Waals surface area contributed by atoms with Crippen LogP contribution in [0.25, 0.3) is 11.4 Å². The molecule has 0 radical (unpaired) electrons. The number of methoxy groups -OCH3 is 1. The fraction of sp³-hybridized carbons (Fsp3) is 0.500. The minimum absolute atomic E-state index is 0.105. The molecule has 1 aliphatic rings. The van der Waals surface area contributed by atoms with Gasteiger partial charge in [-0.2, -0.15) is 4.98 Å². The highest BCUT2D eigenvalue weighted by Crippen LogP contribution is 2.21. The number of benzene rings is 1. The zero-order chi connectivity index (χ0) is 18.4. The monoisotopic (exact) mass is 362 g/mol. The van der Waals surface area contributed by atoms with E-state index in [-0.39, 0.29) is 35.9 Å². The van der Waals surface area contributed by atoms with E-state index in [0.717, 1.165) is 32.2 Å². The number of nitrogens with zero attached hydrogens (tertiary/aromatic N) is 3. The van der Waals surface area contributed by atoms with Crippen molar-refractivity contribution in [2.45, 2.75) is 38.3 Å². The van der Waals surface area contributed by atoms with Gasteiger partial charge in [-0.25, -0.2) is 9.18 Å². The van der Waals surface area contributed by atoms with E-state index in [1.54, 1.807) is 25.3 Å². The lowest BCUT2D eigenvalue weighted by Crippen LogP contribution is -2.48. The molecule has 1 aromatic heterocycles. The first-order valence-electron chi connectivity index (χ1n) is 8.80. The van der Waals surface area contributed by atoms with Crippen molar-refractivity contribution in [3.63, 3.8) is 0 Å². The Morgan fingerprint density at radius 3 is 3.08 bits per heavy atom. The Morgan fingerprint density at radius 1 is 1.42 bits per heavy atom. The van der Waals surface area contributed by atoms with Crippen LogP contribution >= 0.6 is 0 Å². The second kappa shape index (κ2) is 8.75. The second-order valence-electron chi connectivity index (χ2n) is 6.27. The number of carbonyl (C=O) groups is 1. The number of rotatable bonds is 6. The number of hydrogen-bond donors (Lipinski definition) is 1. The summed E-state index contributed by atoms with van der Waals surface area (Å²) in [4.78, 5) is 18.5. The molecule has 26 heavy (non-hydrogen) atoms. The van der Waals surface area contributed by atoms with Gasteiger partial charge >= 0.3 is 6.03 Å². The Labute approximate surface area is 151 Å². The zero-order valence-corrected chi connectivity index (χ0v) is 14.8. The predicted octanol–water partition coefficient (Wildman–Crippen LogP) is 2.98. The molecule has 8 heteroatoms. The van der Waals surface area contributed by atoms with E-state index in [1.807, 2.05) is 4.90 Å². The van der Waals surface area contributed by atoms with Gasteiger partial charge in [-0.15, -0.1) is 0 Å². The quantitative estimate of drug-likeness (QED) is 0.854. The minimum Gasteiger partial charge on any atom is -0.385 e. The Morgan fingerprint density at radius 2 is 2.27 bits per heavy atom. The fourth-order valence-corrected chi connectivity index (χ4v) is 3.15. The van der Waals surface area contributed by atoms with Crippen LogP contribution in [0, 0.1) is 5.82 Å². The summed E-state index contributed by atoms with van der Waals surface area (Å²) in [7, 11) is 1.66. The van der Waals surface area contributed by atoms with Gasteiger partial charge in [-0.05, 0) is 37.8 Å². The standard InChI is InChI=1S/C18H23FN4O3/c1-25-11-9-13-6-4-5-10-23(13)18(24)20-12-16-21-17(22-26-16)14-7-2-3-8-15(14)19/h2-3,7-8,13H,4-6,9-12H2,1H3,(H,20,24). The van der Waals surface area contributed by atoms with Gasteiger partial charge in [0.1, 0.15) is 5.82 Å². The number of likely N-dealkylation sites (tertiary alicyclic amines) is 1. The van der Waals surface area contributed by atoms with Crippen LogP contribution in [0.5, 0.6) is 0 Å². The molecular formula is C18H23FN4O3. The fourth-order valence-electron chi connectivity index (χ4n) is 3.15. The highest BCUT2D eigenvalue weighted by molar-refractivity contribution is 5.74. The van der Waals surface area contributed by atoms with Crippen LogP contribution in [-0.4, -0.2) is 47.4 Å². The van der Waals surface area contributed by atoms with Crippen LogP contribution in [0.4, 0.5) is 9.18 Å². The van der Waals surface area contributed by atoms with Crippen LogP contribution < -0.4 is 5.32 Å². The molecular weight excluding hydrogens is 339 g/mol. The van der Waals surface area contributed by atoms with Crippen molar-refractivity contribution in [3.8, 4) is 11.4 Å². The van der Waals surface area contributed by atoms with Gasteiger partial charge in [0, 0.05) is 26.3 Å². The van der Waals surface area contributed by atoms with Crippen molar-refractivity contribution in [2.75, 3.05) is 20.3 Å². The van der Waals surface area contributed by atoms with Crippen molar-refractivity contribution in [1.29, 1.82) is 0 Å². The molecule has 1 atom stereocenters. The molecule has 2 amide bonds. The molecule has 1 aromatic carbocycles. The number of halogens is 1. The van der Waals surface area contributed by atoms with Gasteiger partial charge < -0.3 is 19.5 Å². The topological polar surface area (TPSA) is 80.5 Å². The van der Waals surface area contributed by atoms with Gasteiger partial charge in [0.25, 0.3) is 0 Å². The van der Waals surface area contributed by atoms with Gasteiger partial charge in [0.15, 0.2) is 0 Å². The van der Waals surface area contributed by atoms with E-state index in [4.69, 9.17) is 9.26 Å². The average Bonchev–Trinajstić information content (AvgIpc) is 3.14. The first-order chi connectivity index (χ1) is 12.7. The number of nitrogens with one attached hydrogen (secondary N) is 1. The Bertz CT molecular complexity index is 737. The molecule has 1 N–H and O–H groups in total. The lowest BCUT2D eigenvalue weighted by molar-refractivity contribution is 0.116. The third-order valence-electron chi connectivity index (χ3n) is 4.52. The number of aromatic nitrogens is 2. The van der Waals surface area contributed by atoms with Gasteiger partial charge in [-0.1, -0.05) is 17.3 Å². The van der Waals surface area contributed by atoms with E-state index in [0.29, 0.717) is 6.61 Å². The van der Waals surface area contributed by atoms with Crippen molar-refractivity contribution in [2.24, 2.45) is 0 Å². The molecule has 1 aliphatic heterocycles. The molecule has 140 valence electrons. The van der Waals surface area contributed by atoms with E-state index < -0.39 is 5.82 Å². The first kappa shape index (κ1) is 18.3. The van der Waals surface area contributed by atoms with Crippen LogP contribution in [0.1, 0.15) is 31.6 Å². The molecule has 0 bridgehead atoms. The largest absolute Gasteiger partial charge is 0.385 e. The lowest BCUT2D eigenvalue weighted by Gasteiger charge is -2.35. The summed E-state index contributed by atoms with van der Waals surface area (Å²) in [5.74, 6) is -0.0106. The van der Waals surface area contributed by atoms with Crippen molar-refractivity contribution in [1.82, 2.24) is 20.4 Å². The van der Waals surface area contributed by atoms with Gasteiger partial charge in [0.05, 0.1) is 12.1 Å². The lowest BCUT2D eigenvalue weighted by atomic mass is 10.0. The van der Waals surface area contributed by atoms with Crippen LogP contribution in [0.15, 0.2) is 28.8 Å².